The molecule has 0 aliphatic carbocycles. The number of amides is 1. The molecule has 1 rings (SSSR count). The number of carbonyl (C=O) groups is 1. The highest BCUT2D eigenvalue weighted by Gasteiger charge is 2.00. The molecule has 1 aromatic heterocycles. The molecule has 0 aliphatic heterocycles. The Morgan fingerprint density at radius 2 is 2.58 bits per heavy atom. The number of aromatic nitrogens is 3. The average molecular weight is 170 g/mol. The van der Waals surface area contributed by atoms with E-state index in [1.165, 1.54) is 4.80 Å². The summed E-state index contributed by atoms with van der Waals surface area (Å²) in [4.78, 5) is 12.0. The Morgan fingerprint density at radius 1 is 1.83 bits per heavy atom. The summed E-state index contributed by atoms with van der Waals surface area (Å²) in [6.45, 7) is -0.201. The predicted octanol–water partition coefficient (Wildman–Crippen LogP) is -1.58. The first-order valence-corrected chi connectivity index (χ1v) is 3.45. The van der Waals surface area contributed by atoms with Gasteiger partial charge in [-0.2, -0.15) is 15.0 Å². The van der Waals surface area contributed by atoms with E-state index in [0.29, 0.717) is 12.2 Å². The Morgan fingerprint density at radius 3 is 3.08 bits per heavy atom. The van der Waals surface area contributed by atoms with Crippen molar-refractivity contribution in [3.8, 4) is 0 Å². The molecule has 0 aliphatic rings. The van der Waals surface area contributed by atoms with Gasteiger partial charge in [0.05, 0.1) is 12.7 Å². The summed E-state index contributed by atoms with van der Waals surface area (Å²) in [6, 6.07) is 0. The van der Waals surface area contributed by atoms with Crippen molar-refractivity contribution in [2.24, 2.45) is 7.05 Å². The third-order valence-corrected chi connectivity index (χ3v) is 1.26. The third-order valence-electron chi connectivity index (χ3n) is 1.26. The van der Waals surface area contributed by atoms with Gasteiger partial charge in [-0.25, -0.2) is 0 Å². The Hall–Kier alpha value is -1.43. The Labute approximate surface area is 69.2 Å². The minimum absolute atomic E-state index is 0.299. The smallest absolute Gasteiger partial charge is 0.246 e. The van der Waals surface area contributed by atoms with Crippen LogP contribution >= 0.6 is 0 Å². The predicted molar refractivity (Wildman–Crippen MR) is 39.9 cm³/mol. The van der Waals surface area contributed by atoms with Gasteiger partial charge >= 0.3 is 0 Å². The second-order valence-electron chi connectivity index (χ2n) is 2.26. The maximum Gasteiger partial charge on any atom is 0.246 e. The monoisotopic (exact) mass is 170 g/mol. The Balaban J connectivity index is 2.38. The van der Waals surface area contributed by atoms with E-state index in [4.69, 9.17) is 5.11 Å². The largest absolute Gasteiger partial charge is 0.387 e. The van der Waals surface area contributed by atoms with Crippen molar-refractivity contribution in [1.82, 2.24) is 20.3 Å². The fourth-order valence-electron chi connectivity index (χ4n) is 0.714. The van der Waals surface area contributed by atoms with Gasteiger partial charge in [-0.15, -0.1) is 0 Å². The highest BCUT2D eigenvalue weighted by atomic mass is 16.3. The molecule has 6 heteroatoms. The number of nitrogens with zero attached hydrogens (tertiary/aromatic N) is 3. The molecule has 66 valence electrons. The molecule has 0 atom stereocenters. The maximum atomic E-state index is 10.6. The Kier molecular flexibility index (Phi) is 2.76. The molecule has 12 heavy (non-hydrogen) atoms. The second-order valence-corrected chi connectivity index (χ2v) is 2.26. The zero-order valence-electron chi connectivity index (χ0n) is 6.69. The number of hydrogen-bond donors (Lipinski definition) is 2. The highest BCUT2D eigenvalue weighted by molar-refractivity contribution is 5.76. The molecule has 0 spiro atoms. The standard InChI is InChI=1S/C6H10N4O2/c1-10-8-3-5(9-10)2-7-6(12)4-11/h3,11H,2,4H2,1H3,(H,7,12). The first-order valence-electron chi connectivity index (χ1n) is 3.45. The molecule has 0 bridgehead atoms. The summed E-state index contributed by atoms with van der Waals surface area (Å²) in [7, 11) is 1.69. The average Bonchev–Trinajstić information content (AvgIpc) is 2.47. The maximum absolute atomic E-state index is 10.6. The molecule has 1 aromatic rings. The van der Waals surface area contributed by atoms with Crippen LogP contribution in [0.4, 0.5) is 0 Å². The van der Waals surface area contributed by atoms with Gasteiger partial charge in [0, 0.05) is 7.05 Å². The van der Waals surface area contributed by atoms with Crippen LogP contribution in [-0.4, -0.2) is 32.6 Å². The quantitative estimate of drug-likeness (QED) is 0.574. The minimum Gasteiger partial charge on any atom is -0.387 e. The van der Waals surface area contributed by atoms with Gasteiger partial charge in [-0.3, -0.25) is 4.79 Å². The van der Waals surface area contributed by atoms with Crippen molar-refractivity contribution in [2.75, 3.05) is 6.61 Å². The molecule has 1 heterocycles. The number of hydrogen-bond acceptors (Lipinski definition) is 4. The molecule has 0 fully saturated rings. The van der Waals surface area contributed by atoms with Crippen molar-refractivity contribution in [2.45, 2.75) is 6.54 Å². The topological polar surface area (TPSA) is 80.0 Å². The van der Waals surface area contributed by atoms with E-state index in [-0.39, 0.29) is 0 Å². The van der Waals surface area contributed by atoms with Crippen LogP contribution in [0.15, 0.2) is 6.20 Å². The number of aryl methyl sites for hydroxylation is 1. The van der Waals surface area contributed by atoms with E-state index in [0.717, 1.165) is 0 Å². The van der Waals surface area contributed by atoms with E-state index < -0.39 is 12.5 Å². The van der Waals surface area contributed by atoms with Crippen molar-refractivity contribution in [3.63, 3.8) is 0 Å². The van der Waals surface area contributed by atoms with Crippen molar-refractivity contribution in [1.29, 1.82) is 0 Å². The summed E-state index contributed by atoms with van der Waals surface area (Å²) in [5.41, 5.74) is 0.666. The molecule has 0 saturated heterocycles. The lowest BCUT2D eigenvalue weighted by Gasteiger charge is -1.97. The van der Waals surface area contributed by atoms with Crippen molar-refractivity contribution in [3.05, 3.63) is 11.9 Å². The van der Waals surface area contributed by atoms with E-state index in [2.05, 4.69) is 15.5 Å². The molecule has 0 radical (unpaired) electrons. The number of carbonyl (C=O) groups excluding carboxylic acids is 1. The van der Waals surface area contributed by atoms with Crippen molar-refractivity contribution < 1.29 is 9.90 Å². The van der Waals surface area contributed by atoms with Gasteiger partial charge in [-0.05, 0) is 0 Å². The van der Waals surface area contributed by atoms with Gasteiger partial charge in [0.2, 0.25) is 5.91 Å². The SMILES string of the molecule is Cn1ncc(CNC(=O)CO)n1. The van der Waals surface area contributed by atoms with Crippen LogP contribution in [-0.2, 0) is 18.4 Å². The first kappa shape index (κ1) is 8.66. The van der Waals surface area contributed by atoms with Crippen LogP contribution in [0.25, 0.3) is 0 Å². The molecule has 0 aromatic carbocycles. The van der Waals surface area contributed by atoms with Crippen LogP contribution in [0.5, 0.6) is 0 Å². The zero-order valence-corrected chi connectivity index (χ0v) is 6.69. The summed E-state index contributed by atoms with van der Waals surface area (Å²) in [5.74, 6) is -0.416. The molecule has 1 amide bonds. The normalized spacial score (nSPS) is 9.83. The van der Waals surface area contributed by atoms with E-state index in [1.54, 1.807) is 13.2 Å². The summed E-state index contributed by atoms with van der Waals surface area (Å²) in [5, 5.41) is 18.6. The molecular weight excluding hydrogens is 160 g/mol. The molecule has 6 nitrogen and oxygen atoms in total. The van der Waals surface area contributed by atoms with Gasteiger partial charge in [0.25, 0.3) is 0 Å². The van der Waals surface area contributed by atoms with Crippen LogP contribution in [0.2, 0.25) is 0 Å². The number of rotatable bonds is 3. The van der Waals surface area contributed by atoms with E-state index in [9.17, 15) is 4.79 Å². The third kappa shape index (κ3) is 2.31. The van der Waals surface area contributed by atoms with Crippen LogP contribution in [0.3, 0.4) is 0 Å². The van der Waals surface area contributed by atoms with E-state index in [1.807, 2.05) is 0 Å². The highest BCUT2D eigenvalue weighted by Crippen LogP contribution is 1.88. The molecular formula is C6H10N4O2. The molecule has 0 saturated carbocycles. The lowest BCUT2D eigenvalue weighted by Crippen LogP contribution is -2.25. The van der Waals surface area contributed by atoms with Gasteiger partial charge in [-0.1, -0.05) is 0 Å². The van der Waals surface area contributed by atoms with Crippen molar-refractivity contribution >= 4 is 5.91 Å². The molecule has 2 N–H and O–H groups in total. The van der Waals surface area contributed by atoms with Crippen LogP contribution in [0, 0.1) is 0 Å². The van der Waals surface area contributed by atoms with Gasteiger partial charge in [0.15, 0.2) is 0 Å². The lowest BCUT2D eigenvalue weighted by molar-refractivity contribution is -0.123. The fraction of sp³-hybridized carbons (Fsp3) is 0.500. The zero-order chi connectivity index (χ0) is 8.97. The van der Waals surface area contributed by atoms with E-state index >= 15 is 0 Å². The lowest BCUT2D eigenvalue weighted by atomic mass is 10.4. The van der Waals surface area contributed by atoms with Crippen LogP contribution < -0.4 is 5.32 Å². The van der Waals surface area contributed by atoms with Gasteiger partial charge in [0.1, 0.15) is 12.3 Å². The minimum atomic E-state index is -0.500. The summed E-state index contributed by atoms with van der Waals surface area (Å²) < 4.78 is 0. The fourth-order valence-corrected chi connectivity index (χ4v) is 0.714. The summed E-state index contributed by atoms with van der Waals surface area (Å²) >= 11 is 0. The number of nitrogens with one attached hydrogen (secondary N) is 1. The first-order chi connectivity index (χ1) is 5.72. The molecule has 0 unspecified atom stereocenters. The number of aliphatic hydroxyl groups is 1. The number of aliphatic hydroxyl groups excluding tert-OH is 1. The van der Waals surface area contributed by atoms with Crippen LogP contribution in [0.1, 0.15) is 5.69 Å². The second kappa shape index (κ2) is 3.82. The van der Waals surface area contributed by atoms with Gasteiger partial charge < -0.3 is 10.4 Å². The Bertz CT molecular complexity index is 270. The summed E-state index contributed by atoms with van der Waals surface area (Å²) in [6.07, 6.45) is 1.55.